The predicted octanol–water partition coefficient (Wildman–Crippen LogP) is 3.66. The maximum absolute atomic E-state index is 13.3. The van der Waals surface area contributed by atoms with Crippen LogP contribution in [0.1, 0.15) is 43.7 Å². The van der Waals surface area contributed by atoms with Crippen molar-refractivity contribution < 1.29 is 14.0 Å². The Bertz CT molecular complexity index is 873. The summed E-state index contributed by atoms with van der Waals surface area (Å²) in [6, 6.07) is 9.19. The number of nitrogens with one attached hydrogen (secondary N) is 2. The van der Waals surface area contributed by atoms with Crippen molar-refractivity contribution in [2.75, 3.05) is 6.54 Å². The maximum Gasteiger partial charge on any atom is 0.315 e. The molecule has 0 bridgehead atoms. The van der Waals surface area contributed by atoms with Crippen LogP contribution in [-0.2, 0) is 4.79 Å². The van der Waals surface area contributed by atoms with Crippen molar-refractivity contribution in [2.24, 2.45) is 5.10 Å². The van der Waals surface area contributed by atoms with Gasteiger partial charge in [0.25, 0.3) is 5.91 Å². The van der Waals surface area contributed by atoms with Gasteiger partial charge in [-0.1, -0.05) is 18.2 Å². The van der Waals surface area contributed by atoms with Crippen LogP contribution in [0.25, 0.3) is 0 Å². The van der Waals surface area contributed by atoms with E-state index in [0.29, 0.717) is 6.42 Å². The molecule has 0 unspecified atom stereocenters. The summed E-state index contributed by atoms with van der Waals surface area (Å²) in [7, 11) is 0. The number of thiophene rings is 1. The molecule has 1 atom stereocenters. The third kappa shape index (κ3) is 4.95. The van der Waals surface area contributed by atoms with Gasteiger partial charge in [-0.2, -0.15) is 5.10 Å². The van der Waals surface area contributed by atoms with Crippen LogP contribution in [0.2, 0.25) is 0 Å². The third-order valence-corrected chi connectivity index (χ3v) is 5.03. The van der Waals surface area contributed by atoms with Gasteiger partial charge in [-0.25, -0.2) is 14.2 Å². The fourth-order valence-corrected chi connectivity index (χ4v) is 3.62. The second-order valence-electron chi connectivity index (χ2n) is 7.59. The summed E-state index contributed by atoms with van der Waals surface area (Å²) in [5.41, 5.74) is 1.20. The van der Waals surface area contributed by atoms with Gasteiger partial charge >= 0.3 is 6.03 Å². The van der Waals surface area contributed by atoms with E-state index in [0.717, 1.165) is 16.2 Å². The number of benzene rings is 1. The van der Waals surface area contributed by atoms with Crippen molar-refractivity contribution in [1.82, 2.24) is 15.6 Å². The minimum Gasteiger partial charge on any atom is -0.334 e. The molecular weight excluding hydrogens is 379 g/mol. The summed E-state index contributed by atoms with van der Waals surface area (Å²) in [5.74, 6) is -0.663. The number of urea groups is 1. The molecule has 0 fully saturated rings. The Kier molecular flexibility index (Phi) is 5.79. The van der Waals surface area contributed by atoms with Gasteiger partial charge in [-0.05, 0) is 49.9 Å². The molecule has 3 amide bonds. The van der Waals surface area contributed by atoms with E-state index in [1.54, 1.807) is 23.5 Å². The molecule has 0 saturated carbocycles. The van der Waals surface area contributed by atoms with E-state index in [9.17, 15) is 14.0 Å². The van der Waals surface area contributed by atoms with Crippen LogP contribution < -0.4 is 10.6 Å². The highest BCUT2D eigenvalue weighted by molar-refractivity contribution is 7.12. The highest BCUT2D eigenvalue weighted by Crippen LogP contribution is 2.33. The average molecular weight is 402 g/mol. The lowest BCUT2D eigenvalue weighted by atomic mass is 10.0. The lowest BCUT2D eigenvalue weighted by molar-refractivity contribution is -0.131. The first kappa shape index (κ1) is 20.0. The minimum absolute atomic E-state index is 0.180. The summed E-state index contributed by atoms with van der Waals surface area (Å²) >= 11 is 1.55. The van der Waals surface area contributed by atoms with Gasteiger partial charge in [0.2, 0.25) is 0 Å². The van der Waals surface area contributed by atoms with Gasteiger partial charge in [0.1, 0.15) is 12.4 Å². The van der Waals surface area contributed by atoms with Crippen LogP contribution >= 0.6 is 11.3 Å². The topological polar surface area (TPSA) is 73.8 Å². The van der Waals surface area contributed by atoms with Gasteiger partial charge < -0.3 is 10.6 Å². The molecule has 3 rings (SSSR count). The average Bonchev–Trinajstić information content (AvgIpc) is 3.28. The summed E-state index contributed by atoms with van der Waals surface area (Å²) < 4.78 is 13.3. The second kappa shape index (κ2) is 8.10. The summed E-state index contributed by atoms with van der Waals surface area (Å²) in [6.45, 7) is 5.39. The Balaban J connectivity index is 1.76. The molecule has 0 aliphatic carbocycles. The fourth-order valence-electron chi connectivity index (χ4n) is 2.90. The Hall–Kier alpha value is -2.74. The Morgan fingerprint density at radius 3 is 2.57 bits per heavy atom. The normalized spacial score (nSPS) is 16.6. The first-order valence-corrected chi connectivity index (χ1v) is 9.86. The molecular formula is C20H23FN4O2S. The van der Waals surface area contributed by atoms with E-state index in [4.69, 9.17) is 0 Å². The number of carbonyl (C=O) groups is 2. The van der Waals surface area contributed by atoms with Crippen LogP contribution in [0.15, 0.2) is 46.9 Å². The molecule has 1 aromatic carbocycles. The van der Waals surface area contributed by atoms with E-state index < -0.39 is 11.6 Å². The maximum atomic E-state index is 13.3. The quantitative estimate of drug-likeness (QED) is 0.819. The van der Waals surface area contributed by atoms with Crippen molar-refractivity contribution in [2.45, 2.75) is 38.8 Å². The zero-order valence-corrected chi connectivity index (χ0v) is 16.8. The molecule has 2 heterocycles. The number of amides is 3. The van der Waals surface area contributed by atoms with Crippen LogP contribution in [0.3, 0.4) is 0 Å². The number of rotatable bonds is 4. The molecule has 8 heteroatoms. The second-order valence-corrected chi connectivity index (χ2v) is 8.54. The van der Waals surface area contributed by atoms with Crippen LogP contribution in [0.5, 0.6) is 0 Å². The predicted molar refractivity (Wildman–Crippen MR) is 108 cm³/mol. The smallest absolute Gasteiger partial charge is 0.315 e. The molecule has 148 valence electrons. The van der Waals surface area contributed by atoms with Gasteiger partial charge in [0.05, 0.1) is 16.6 Å². The molecule has 6 nitrogen and oxygen atoms in total. The number of hydrazone groups is 1. The molecule has 1 aliphatic rings. The molecule has 2 N–H and O–H groups in total. The summed E-state index contributed by atoms with van der Waals surface area (Å²) in [5, 5.41) is 13.2. The highest BCUT2D eigenvalue weighted by atomic mass is 32.1. The molecule has 1 aliphatic heterocycles. The molecule has 28 heavy (non-hydrogen) atoms. The monoisotopic (exact) mass is 402 g/mol. The van der Waals surface area contributed by atoms with E-state index in [1.165, 1.54) is 17.1 Å². The summed E-state index contributed by atoms with van der Waals surface area (Å²) in [4.78, 5) is 25.7. The lowest BCUT2D eigenvalue weighted by Gasteiger charge is -2.23. The van der Waals surface area contributed by atoms with Gasteiger partial charge in [0, 0.05) is 12.0 Å². The van der Waals surface area contributed by atoms with Gasteiger partial charge in [-0.3, -0.25) is 4.79 Å². The third-order valence-electron chi connectivity index (χ3n) is 4.11. The zero-order chi connectivity index (χ0) is 20.3. The first-order chi connectivity index (χ1) is 13.2. The highest BCUT2D eigenvalue weighted by Gasteiger charge is 2.33. The molecule has 0 spiro atoms. The van der Waals surface area contributed by atoms with Crippen molar-refractivity contribution in [3.8, 4) is 0 Å². The Morgan fingerprint density at radius 2 is 1.96 bits per heavy atom. The van der Waals surface area contributed by atoms with E-state index in [1.807, 2.05) is 38.3 Å². The van der Waals surface area contributed by atoms with Crippen molar-refractivity contribution in [3.63, 3.8) is 0 Å². The number of carbonyl (C=O) groups excluding carboxylic acids is 2. The Labute approximate surface area is 167 Å². The first-order valence-electron chi connectivity index (χ1n) is 8.98. The molecule has 1 aromatic heterocycles. The SMILES string of the molecule is CC(C)(C)NC(=O)NCC(=O)N1N=C(c2cccs2)C[C@@H]1c1ccc(F)cc1. The standard InChI is InChI=1S/C20H23FN4O2S/c1-20(2,3)23-19(27)22-12-18(26)25-16(13-6-8-14(21)9-7-13)11-15(24-25)17-5-4-10-28-17/h4-10,16H,11-12H2,1-3H3,(H2,22,23,27)/t16-/m1/s1. The van der Waals surface area contributed by atoms with Gasteiger partial charge in [-0.15, -0.1) is 11.3 Å². The Morgan fingerprint density at radius 1 is 1.25 bits per heavy atom. The van der Waals surface area contributed by atoms with Crippen molar-refractivity contribution in [1.29, 1.82) is 0 Å². The largest absolute Gasteiger partial charge is 0.334 e. The molecule has 0 radical (unpaired) electrons. The van der Waals surface area contributed by atoms with Crippen molar-refractivity contribution in [3.05, 3.63) is 58.0 Å². The van der Waals surface area contributed by atoms with E-state index in [2.05, 4.69) is 15.7 Å². The zero-order valence-electron chi connectivity index (χ0n) is 16.0. The van der Waals surface area contributed by atoms with Crippen LogP contribution in [0, 0.1) is 5.82 Å². The number of halogens is 1. The number of nitrogens with zero attached hydrogens (tertiary/aromatic N) is 2. The lowest BCUT2D eigenvalue weighted by Crippen LogP contribution is -2.49. The number of hydrogen-bond donors (Lipinski definition) is 2. The van der Waals surface area contributed by atoms with Crippen LogP contribution in [-0.4, -0.2) is 34.7 Å². The van der Waals surface area contributed by atoms with E-state index in [-0.39, 0.29) is 24.3 Å². The minimum atomic E-state index is -0.416. The molecule has 0 saturated heterocycles. The number of hydrogen-bond acceptors (Lipinski definition) is 4. The summed E-state index contributed by atoms with van der Waals surface area (Å²) in [6.07, 6.45) is 0.534. The van der Waals surface area contributed by atoms with Crippen molar-refractivity contribution >= 4 is 29.0 Å². The van der Waals surface area contributed by atoms with Crippen LogP contribution in [0.4, 0.5) is 9.18 Å². The fraction of sp³-hybridized carbons (Fsp3) is 0.350. The van der Waals surface area contributed by atoms with E-state index >= 15 is 0 Å². The van der Waals surface area contributed by atoms with Gasteiger partial charge in [0.15, 0.2) is 0 Å². The molecule has 2 aromatic rings.